The number of imidazole rings is 1. The second-order valence-corrected chi connectivity index (χ2v) is 7.37. The lowest BCUT2D eigenvalue weighted by atomic mass is 9.96. The highest BCUT2D eigenvalue weighted by Gasteiger charge is 2.17. The molecule has 0 aliphatic heterocycles. The number of aromatic nitrogens is 2. The summed E-state index contributed by atoms with van der Waals surface area (Å²) >= 11 is 0. The number of nitrogens with one attached hydrogen (secondary N) is 1. The molecule has 140 valence electrons. The molecule has 0 saturated heterocycles. The first-order valence-corrected chi connectivity index (χ1v) is 9.45. The SMILES string of the molecule is Cc1nccn1Cc1ccc(C(=O)N[C@H](CC(C)C)c2ccccc2)cc1. The van der Waals surface area contributed by atoms with Crippen molar-refractivity contribution in [3.63, 3.8) is 0 Å². The molecular formula is C23H27N3O. The zero-order chi connectivity index (χ0) is 19.2. The van der Waals surface area contributed by atoms with Crippen molar-refractivity contribution < 1.29 is 4.79 Å². The molecule has 1 aromatic heterocycles. The molecule has 4 nitrogen and oxygen atoms in total. The number of hydrogen-bond donors (Lipinski definition) is 1. The van der Waals surface area contributed by atoms with Gasteiger partial charge in [-0.3, -0.25) is 4.79 Å². The van der Waals surface area contributed by atoms with Crippen LogP contribution in [0.2, 0.25) is 0 Å². The fourth-order valence-corrected chi connectivity index (χ4v) is 3.21. The van der Waals surface area contributed by atoms with E-state index in [0.717, 1.165) is 29.9 Å². The van der Waals surface area contributed by atoms with Gasteiger partial charge in [0.25, 0.3) is 5.91 Å². The lowest BCUT2D eigenvalue weighted by molar-refractivity contribution is 0.0932. The molecule has 0 radical (unpaired) electrons. The summed E-state index contributed by atoms with van der Waals surface area (Å²) in [5.41, 5.74) is 2.98. The standard InChI is InChI=1S/C23H27N3O/c1-17(2)15-22(20-7-5-4-6-8-20)25-23(27)21-11-9-19(10-12-21)16-26-14-13-24-18(26)3/h4-14,17,22H,15-16H2,1-3H3,(H,25,27)/t22-/m1/s1. The van der Waals surface area contributed by atoms with Crippen molar-refractivity contribution in [1.82, 2.24) is 14.9 Å². The Morgan fingerprint density at radius 1 is 1.07 bits per heavy atom. The van der Waals surface area contributed by atoms with Gasteiger partial charge in [-0.2, -0.15) is 0 Å². The molecule has 0 spiro atoms. The van der Waals surface area contributed by atoms with Crippen LogP contribution in [0, 0.1) is 12.8 Å². The summed E-state index contributed by atoms with van der Waals surface area (Å²) in [6, 6.07) is 18.0. The van der Waals surface area contributed by atoms with Gasteiger partial charge in [0.2, 0.25) is 0 Å². The Morgan fingerprint density at radius 3 is 2.37 bits per heavy atom. The molecule has 2 aromatic carbocycles. The van der Waals surface area contributed by atoms with Crippen LogP contribution in [0.4, 0.5) is 0 Å². The highest BCUT2D eigenvalue weighted by Crippen LogP contribution is 2.21. The predicted molar refractivity (Wildman–Crippen MR) is 109 cm³/mol. The Hall–Kier alpha value is -2.88. The monoisotopic (exact) mass is 361 g/mol. The summed E-state index contributed by atoms with van der Waals surface area (Å²) < 4.78 is 2.09. The maximum absolute atomic E-state index is 12.8. The summed E-state index contributed by atoms with van der Waals surface area (Å²) in [5.74, 6) is 1.45. The van der Waals surface area contributed by atoms with Crippen molar-refractivity contribution in [3.05, 3.63) is 89.5 Å². The van der Waals surface area contributed by atoms with Gasteiger partial charge in [0.1, 0.15) is 5.82 Å². The van der Waals surface area contributed by atoms with Crippen LogP contribution in [0.1, 0.15) is 53.6 Å². The molecule has 27 heavy (non-hydrogen) atoms. The maximum Gasteiger partial charge on any atom is 0.251 e. The predicted octanol–water partition coefficient (Wildman–Crippen LogP) is 4.76. The molecule has 0 saturated carbocycles. The van der Waals surface area contributed by atoms with E-state index in [1.807, 2.05) is 55.6 Å². The van der Waals surface area contributed by atoms with Crippen LogP contribution in [0.25, 0.3) is 0 Å². The molecule has 1 N–H and O–H groups in total. The van der Waals surface area contributed by atoms with E-state index in [0.29, 0.717) is 11.5 Å². The van der Waals surface area contributed by atoms with Crippen LogP contribution < -0.4 is 5.32 Å². The molecule has 0 unspecified atom stereocenters. The summed E-state index contributed by atoms with van der Waals surface area (Å²) in [7, 11) is 0. The fourth-order valence-electron chi connectivity index (χ4n) is 3.21. The second-order valence-electron chi connectivity index (χ2n) is 7.37. The summed E-state index contributed by atoms with van der Waals surface area (Å²) in [5, 5.41) is 3.20. The van der Waals surface area contributed by atoms with Crippen molar-refractivity contribution >= 4 is 5.91 Å². The first-order valence-electron chi connectivity index (χ1n) is 9.45. The van der Waals surface area contributed by atoms with Crippen molar-refractivity contribution in [3.8, 4) is 0 Å². The number of amides is 1. The summed E-state index contributed by atoms with van der Waals surface area (Å²) in [6.45, 7) is 7.10. The summed E-state index contributed by atoms with van der Waals surface area (Å²) in [6.07, 6.45) is 4.68. The van der Waals surface area contributed by atoms with Gasteiger partial charge in [-0.15, -0.1) is 0 Å². The van der Waals surface area contributed by atoms with Crippen molar-refractivity contribution in [2.45, 2.75) is 39.8 Å². The lowest BCUT2D eigenvalue weighted by Crippen LogP contribution is -2.29. The van der Waals surface area contributed by atoms with Crippen LogP contribution in [0.3, 0.4) is 0 Å². The van der Waals surface area contributed by atoms with Crippen molar-refractivity contribution in [1.29, 1.82) is 0 Å². The minimum absolute atomic E-state index is 0.0203. The minimum Gasteiger partial charge on any atom is -0.345 e. The largest absolute Gasteiger partial charge is 0.345 e. The van der Waals surface area contributed by atoms with E-state index < -0.39 is 0 Å². The van der Waals surface area contributed by atoms with E-state index in [9.17, 15) is 4.79 Å². The normalized spacial score (nSPS) is 12.1. The number of benzene rings is 2. The van der Waals surface area contributed by atoms with Gasteiger partial charge in [0.05, 0.1) is 6.04 Å². The van der Waals surface area contributed by atoms with Gasteiger partial charge < -0.3 is 9.88 Å². The molecule has 1 heterocycles. The van der Waals surface area contributed by atoms with Gasteiger partial charge in [0, 0.05) is 24.5 Å². The highest BCUT2D eigenvalue weighted by atomic mass is 16.1. The van der Waals surface area contributed by atoms with Gasteiger partial charge >= 0.3 is 0 Å². The Morgan fingerprint density at radius 2 is 1.78 bits per heavy atom. The van der Waals surface area contributed by atoms with Crippen LogP contribution >= 0.6 is 0 Å². The van der Waals surface area contributed by atoms with E-state index in [2.05, 4.69) is 40.8 Å². The van der Waals surface area contributed by atoms with E-state index in [4.69, 9.17) is 0 Å². The molecule has 1 amide bonds. The molecule has 0 bridgehead atoms. The van der Waals surface area contributed by atoms with Gasteiger partial charge in [0.15, 0.2) is 0 Å². The lowest BCUT2D eigenvalue weighted by Gasteiger charge is -2.21. The number of aryl methyl sites for hydroxylation is 1. The van der Waals surface area contributed by atoms with E-state index in [-0.39, 0.29) is 11.9 Å². The third kappa shape index (κ3) is 5.07. The first kappa shape index (κ1) is 18.9. The van der Waals surface area contributed by atoms with Crippen LogP contribution in [0.15, 0.2) is 67.0 Å². The molecule has 3 rings (SSSR count). The van der Waals surface area contributed by atoms with Gasteiger partial charge in [-0.05, 0) is 42.5 Å². The number of carbonyl (C=O) groups is 1. The number of nitrogens with zero attached hydrogens (tertiary/aromatic N) is 2. The second kappa shape index (κ2) is 8.67. The minimum atomic E-state index is -0.0325. The third-order valence-corrected chi connectivity index (χ3v) is 4.71. The molecule has 0 aliphatic carbocycles. The third-order valence-electron chi connectivity index (χ3n) is 4.71. The average molecular weight is 361 g/mol. The molecule has 0 aliphatic rings. The van der Waals surface area contributed by atoms with Crippen molar-refractivity contribution in [2.24, 2.45) is 5.92 Å². The Kier molecular flexibility index (Phi) is 6.07. The smallest absolute Gasteiger partial charge is 0.251 e. The Balaban J connectivity index is 1.69. The molecule has 1 atom stereocenters. The highest BCUT2D eigenvalue weighted by molar-refractivity contribution is 5.94. The van der Waals surface area contributed by atoms with Crippen LogP contribution in [-0.4, -0.2) is 15.5 Å². The van der Waals surface area contributed by atoms with Crippen LogP contribution in [-0.2, 0) is 6.54 Å². The number of carbonyl (C=O) groups excluding carboxylic acids is 1. The maximum atomic E-state index is 12.8. The molecular weight excluding hydrogens is 334 g/mol. The number of hydrogen-bond acceptors (Lipinski definition) is 2. The van der Waals surface area contributed by atoms with Crippen LogP contribution in [0.5, 0.6) is 0 Å². The molecule has 4 heteroatoms. The van der Waals surface area contributed by atoms with Gasteiger partial charge in [-0.1, -0.05) is 56.3 Å². The topological polar surface area (TPSA) is 46.9 Å². The van der Waals surface area contributed by atoms with Crippen molar-refractivity contribution in [2.75, 3.05) is 0 Å². The zero-order valence-corrected chi connectivity index (χ0v) is 16.2. The molecule has 0 fully saturated rings. The number of rotatable bonds is 7. The Labute approximate surface area is 161 Å². The van der Waals surface area contributed by atoms with E-state index >= 15 is 0 Å². The zero-order valence-electron chi connectivity index (χ0n) is 16.2. The van der Waals surface area contributed by atoms with E-state index in [1.165, 1.54) is 0 Å². The first-order chi connectivity index (χ1) is 13.0. The molecule has 3 aromatic rings. The fraction of sp³-hybridized carbons (Fsp3) is 0.304. The summed E-state index contributed by atoms with van der Waals surface area (Å²) in [4.78, 5) is 17.0. The quantitative estimate of drug-likeness (QED) is 0.660. The van der Waals surface area contributed by atoms with E-state index in [1.54, 1.807) is 6.20 Å². The average Bonchev–Trinajstić information content (AvgIpc) is 3.07. The Bertz CT molecular complexity index is 866. The van der Waals surface area contributed by atoms with Gasteiger partial charge in [-0.25, -0.2) is 4.98 Å².